The molecule has 0 aliphatic rings. The van der Waals surface area contributed by atoms with Gasteiger partial charge in [-0.3, -0.25) is 0 Å². The van der Waals surface area contributed by atoms with Crippen LogP contribution in [0.2, 0.25) is 0 Å². The first-order valence-electron chi connectivity index (χ1n) is 6.58. The van der Waals surface area contributed by atoms with E-state index in [0.717, 1.165) is 5.56 Å². The maximum absolute atomic E-state index is 13.5. The average Bonchev–Trinajstić information content (AvgIpc) is 2.87. The molecule has 22 heavy (non-hydrogen) atoms. The third kappa shape index (κ3) is 2.77. The van der Waals surface area contributed by atoms with Gasteiger partial charge in [0.25, 0.3) is 0 Å². The quantitative estimate of drug-likeness (QED) is 0.499. The highest BCUT2D eigenvalue weighted by Crippen LogP contribution is 2.43. The van der Waals surface area contributed by atoms with Crippen molar-refractivity contribution in [1.82, 2.24) is 4.98 Å². The molecule has 0 saturated carbocycles. The zero-order valence-corrected chi connectivity index (χ0v) is 13.4. The Hall–Kier alpha value is -1.76. The molecule has 1 aromatic heterocycles. The van der Waals surface area contributed by atoms with Gasteiger partial charge in [0.2, 0.25) is 0 Å². The molecule has 112 valence electrons. The molecular weight excluding hydrogens is 402 g/mol. The van der Waals surface area contributed by atoms with Crippen LogP contribution in [0.1, 0.15) is 5.56 Å². The van der Waals surface area contributed by atoms with E-state index in [1.165, 1.54) is 0 Å². The van der Waals surface area contributed by atoms with Crippen molar-refractivity contribution in [2.24, 2.45) is 0 Å². The molecule has 0 fully saturated rings. The van der Waals surface area contributed by atoms with Gasteiger partial charge in [0, 0.05) is 0 Å². The lowest BCUT2D eigenvalue weighted by molar-refractivity contribution is -0.137. The van der Waals surface area contributed by atoms with E-state index in [1.807, 2.05) is 18.2 Å². The normalized spacial score (nSPS) is 11.6. The minimum atomic E-state index is -4.41. The van der Waals surface area contributed by atoms with Crippen LogP contribution in [-0.4, -0.2) is 4.98 Å². The molecule has 2 aromatic carbocycles. The summed E-state index contributed by atoms with van der Waals surface area (Å²) >= 11 is 1.77. The molecule has 5 heteroatoms. The van der Waals surface area contributed by atoms with Gasteiger partial charge in [-0.2, -0.15) is 13.2 Å². The van der Waals surface area contributed by atoms with E-state index in [-0.39, 0.29) is 9.26 Å². The predicted octanol–water partition coefficient (Wildman–Crippen LogP) is 5.97. The number of rotatable bonds is 2. The van der Waals surface area contributed by atoms with Crippen molar-refractivity contribution in [2.75, 3.05) is 0 Å². The summed E-state index contributed by atoms with van der Waals surface area (Å²) in [5.74, 6) is 0. The van der Waals surface area contributed by atoms with Gasteiger partial charge < -0.3 is 4.98 Å². The number of halogens is 4. The second-order valence-corrected chi connectivity index (χ2v) is 5.87. The maximum atomic E-state index is 13.5. The molecule has 0 saturated heterocycles. The van der Waals surface area contributed by atoms with Crippen LogP contribution >= 0.6 is 22.6 Å². The minimum absolute atomic E-state index is 0.108. The van der Waals surface area contributed by atoms with Crippen LogP contribution in [0.5, 0.6) is 0 Å². The number of hydrogen-bond acceptors (Lipinski definition) is 0. The largest absolute Gasteiger partial charge is 0.419 e. The zero-order valence-electron chi connectivity index (χ0n) is 11.3. The Morgan fingerprint density at radius 3 is 1.64 bits per heavy atom. The number of H-pyrrole nitrogens is 1. The Labute approximate surface area is 139 Å². The first-order valence-corrected chi connectivity index (χ1v) is 7.66. The zero-order chi connectivity index (χ0) is 15.7. The average molecular weight is 413 g/mol. The van der Waals surface area contributed by atoms with Crippen molar-refractivity contribution in [3.63, 3.8) is 0 Å². The fourth-order valence-corrected chi connectivity index (χ4v) is 3.39. The van der Waals surface area contributed by atoms with Gasteiger partial charge in [-0.1, -0.05) is 60.7 Å². The molecular formula is C17H11F3IN. The van der Waals surface area contributed by atoms with Crippen LogP contribution in [0, 0.1) is 3.57 Å². The molecule has 0 bridgehead atoms. The Bertz CT molecular complexity index is 777. The highest BCUT2D eigenvalue weighted by molar-refractivity contribution is 14.1. The van der Waals surface area contributed by atoms with Crippen molar-refractivity contribution in [3.8, 4) is 22.5 Å². The molecule has 0 unspecified atom stereocenters. The molecule has 3 aromatic rings. The fourth-order valence-electron chi connectivity index (χ4n) is 2.37. The third-order valence-corrected chi connectivity index (χ3v) is 4.43. The summed E-state index contributed by atoms with van der Waals surface area (Å²) in [6, 6.07) is 17.6. The summed E-state index contributed by atoms with van der Waals surface area (Å²) in [4.78, 5) is 2.96. The molecule has 0 aliphatic heterocycles. The highest BCUT2D eigenvalue weighted by Gasteiger charge is 2.39. The van der Waals surface area contributed by atoms with Gasteiger partial charge in [-0.15, -0.1) is 0 Å². The maximum Gasteiger partial charge on any atom is 0.419 e. The van der Waals surface area contributed by atoms with E-state index in [4.69, 9.17) is 0 Å². The Balaban J connectivity index is 2.26. The molecule has 0 spiro atoms. The lowest BCUT2D eigenvalue weighted by Gasteiger charge is -2.09. The van der Waals surface area contributed by atoms with Crippen LogP contribution in [0.15, 0.2) is 60.7 Å². The third-order valence-electron chi connectivity index (χ3n) is 3.35. The SMILES string of the molecule is FC(F)(F)c1c(-c2ccccc2)[nH]c(-c2ccccc2)c1I. The van der Waals surface area contributed by atoms with Gasteiger partial charge in [0.15, 0.2) is 0 Å². The van der Waals surface area contributed by atoms with Crippen LogP contribution in [-0.2, 0) is 6.18 Å². The van der Waals surface area contributed by atoms with E-state index in [2.05, 4.69) is 4.98 Å². The highest BCUT2D eigenvalue weighted by atomic mass is 127. The number of hydrogen-bond donors (Lipinski definition) is 1. The summed E-state index contributed by atoms with van der Waals surface area (Å²) in [7, 11) is 0. The van der Waals surface area contributed by atoms with Crippen molar-refractivity contribution in [3.05, 3.63) is 69.8 Å². The van der Waals surface area contributed by atoms with E-state index in [1.54, 1.807) is 65.1 Å². The van der Waals surface area contributed by atoms with Crippen molar-refractivity contribution in [1.29, 1.82) is 0 Å². The summed E-state index contributed by atoms with van der Waals surface area (Å²) in [6.45, 7) is 0. The van der Waals surface area contributed by atoms with E-state index in [9.17, 15) is 13.2 Å². The van der Waals surface area contributed by atoms with E-state index < -0.39 is 11.7 Å². The number of benzene rings is 2. The fraction of sp³-hybridized carbons (Fsp3) is 0.0588. The van der Waals surface area contributed by atoms with Crippen molar-refractivity contribution in [2.45, 2.75) is 6.18 Å². The van der Waals surface area contributed by atoms with Gasteiger partial charge in [-0.25, -0.2) is 0 Å². The lowest BCUT2D eigenvalue weighted by Crippen LogP contribution is -2.07. The van der Waals surface area contributed by atoms with E-state index in [0.29, 0.717) is 11.3 Å². The first-order chi connectivity index (χ1) is 10.5. The van der Waals surface area contributed by atoms with E-state index >= 15 is 0 Å². The van der Waals surface area contributed by atoms with Gasteiger partial charge in [0.1, 0.15) is 0 Å². The van der Waals surface area contributed by atoms with Gasteiger partial charge in [-0.05, 0) is 33.7 Å². The van der Waals surface area contributed by atoms with Crippen molar-refractivity contribution < 1.29 is 13.2 Å². The molecule has 0 atom stereocenters. The summed E-state index contributed by atoms with van der Waals surface area (Å²) in [6.07, 6.45) is -4.41. The Morgan fingerprint density at radius 2 is 1.18 bits per heavy atom. The molecule has 3 rings (SSSR count). The smallest absolute Gasteiger partial charge is 0.353 e. The summed E-state index contributed by atoms with van der Waals surface area (Å²) in [5.41, 5.74) is 1.25. The second kappa shape index (κ2) is 5.79. The number of aromatic amines is 1. The van der Waals surface area contributed by atoms with Crippen LogP contribution in [0.3, 0.4) is 0 Å². The second-order valence-electron chi connectivity index (χ2n) is 4.79. The molecule has 1 nitrogen and oxygen atoms in total. The molecule has 1 heterocycles. The molecule has 0 radical (unpaired) electrons. The summed E-state index contributed by atoms with van der Waals surface area (Å²) in [5, 5.41) is 0. The topological polar surface area (TPSA) is 15.8 Å². The molecule has 0 amide bonds. The number of aromatic nitrogens is 1. The predicted molar refractivity (Wildman–Crippen MR) is 89.4 cm³/mol. The van der Waals surface area contributed by atoms with Crippen LogP contribution < -0.4 is 0 Å². The van der Waals surface area contributed by atoms with Crippen LogP contribution in [0.25, 0.3) is 22.5 Å². The standard InChI is InChI=1S/C17H11F3IN/c18-17(19,20)13-14(21)16(12-9-5-2-6-10-12)22-15(13)11-7-3-1-4-8-11/h1-10,22H. The lowest BCUT2D eigenvalue weighted by atomic mass is 10.1. The minimum Gasteiger partial charge on any atom is -0.353 e. The first kappa shape index (κ1) is 15.1. The Morgan fingerprint density at radius 1 is 0.727 bits per heavy atom. The molecule has 1 N–H and O–H groups in total. The molecule has 0 aliphatic carbocycles. The van der Waals surface area contributed by atoms with Gasteiger partial charge >= 0.3 is 6.18 Å². The van der Waals surface area contributed by atoms with Gasteiger partial charge in [0.05, 0.1) is 20.5 Å². The monoisotopic (exact) mass is 413 g/mol. The summed E-state index contributed by atoms with van der Waals surface area (Å²) < 4.78 is 40.7. The Kier molecular flexibility index (Phi) is 3.99. The number of nitrogens with one attached hydrogen (secondary N) is 1. The van der Waals surface area contributed by atoms with Crippen molar-refractivity contribution >= 4 is 22.6 Å². The number of alkyl halides is 3. The van der Waals surface area contributed by atoms with Crippen LogP contribution in [0.4, 0.5) is 13.2 Å².